The van der Waals surface area contributed by atoms with Gasteiger partial charge in [-0.1, -0.05) is 11.3 Å². The molecule has 1 saturated heterocycles. The van der Waals surface area contributed by atoms with Crippen molar-refractivity contribution in [3.8, 4) is 10.6 Å². The first-order valence-electron chi connectivity index (χ1n) is 10.6. The molecule has 0 unspecified atom stereocenters. The van der Waals surface area contributed by atoms with Gasteiger partial charge in [0, 0.05) is 61.9 Å². The van der Waals surface area contributed by atoms with E-state index in [1.54, 1.807) is 35.9 Å². The fourth-order valence-corrected chi connectivity index (χ4v) is 4.46. The molecule has 4 aromatic rings. The molecule has 0 aliphatic carbocycles. The zero-order chi connectivity index (χ0) is 22.9. The zero-order valence-corrected chi connectivity index (χ0v) is 19.4. The van der Waals surface area contributed by atoms with Crippen LogP contribution in [0.5, 0.6) is 0 Å². The van der Waals surface area contributed by atoms with E-state index in [2.05, 4.69) is 49.5 Å². The Hall–Kier alpha value is -3.63. The van der Waals surface area contributed by atoms with Crippen LogP contribution in [0.25, 0.3) is 21.3 Å². The lowest BCUT2D eigenvalue weighted by Gasteiger charge is -2.44. The van der Waals surface area contributed by atoms with Crippen LogP contribution in [0.4, 0.5) is 16.8 Å². The molecule has 5 heterocycles. The third-order valence-electron chi connectivity index (χ3n) is 5.74. The average Bonchev–Trinajstić information content (AvgIpc) is 3.27. The molecule has 0 aromatic carbocycles. The first-order valence-corrected chi connectivity index (χ1v) is 11.4. The highest BCUT2D eigenvalue weighted by Gasteiger charge is 2.31. The van der Waals surface area contributed by atoms with Crippen LogP contribution >= 0.6 is 11.3 Å². The van der Waals surface area contributed by atoms with Crippen molar-refractivity contribution < 1.29 is 4.79 Å². The van der Waals surface area contributed by atoms with Crippen molar-refractivity contribution in [2.75, 3.05) is 49.8 Å². The van der Waals surface area contributed by atoms with E-state index in [0.29, 0.717) is 17.4 Å². The van der Waals surface area contributed by atoms with Gasteiger partial charge in [-0.15, -0.1) is 0 Å². The minimum absolute atomic E-state index is 0.222. The van der Waals surface area contributed by atoms with E-state index in [9.17, 15) is 4.79 Å². The summed E-state index contributed by atoms with van der Waals surface area (Å²) in [6.07, 6.45) is 6.88. The molecule has 4 aromatic heterocycles. The van der Waals surface area contributed by atoms with Gasteiger partial charge >= 0.3 is 0 Å². The number of nitrogens with zero attached hydrogens (tertiary/aromatic N) is 6. The van der Waals surface area contributed by atoms with Gasteiger partial charge in [0.2, 0.25) is 0 Å². The van der Waals surface area contributed by atoms with Crippen LogP contribution in [0, 0.1) is 0 Å². The lowest BCUT2D eigenvalue weighted by molar-refractivity contribution is 0.102. The van der Waals surface area contributed by atoms with E-state index in [1.165, 1.54) is 0 Å². The summed E-state index contributed by atoms with van der Waals surface area (Å²) in [5.74, 6) is 1.11. The van der Waals surface area contributed by atoms with Gasteiger partial charge in [0.1, 0.15) is 11.6 Å². The van der Waals surface area contributed by atoms with Gasteiger partial charge in [0.15, 0.2) is 5.13 Å². The number of amides is 1. The molecule has 5 rings (SSSR count). The Balaban J connectivity index is 1.53. The van der Waals surface area contributed by atoms with Crippen molar-refractivity contribution in [2.45, 2.75) is 6.04 Å². The van der Waals surface area contributed by atoms with Crippen molar-refractivity contribution in [3.63, 3.8) is 0 Å². The van der Waals surface area contributed by atoms with Crippen LogP contribution < -0.4 is 15.5 Å². The Morgan fingerprint density at radius 1 is 1.15 bits per heavy atom. The Kier molecular flexibility index (Phi) is 5.61. The van der Waals surface area contributed by atoms with Gasteiger partial charge in [-0.3, -0.25) is 14.8 Å². The lowest BCUT2D eigenvalue weighted by Crippen LogP contribution is -2.57. The smallest absolute Gasteiger partial charge is 0.256 e. The Bertz CT molecular complexity index is 1300. The number of carbonyl (C=O) groups excluding carboxylic acids is 1. The van der Waals surface area contributed by atoms with Crippen LogP contribution in [0.15, 0.2) is 49.1 Å². The number of aromatic nitrogens is 4. The summed E-state index contributed by atoms with van der Waals surface area (Å²) in [5, 5.41) is 8.76. The summed E-state index contributed by atoms with van der Waals surface area (Å²) >= 11 is 1.54. The van der Waals surface area contributed by atoms with E-state index >= 15 is 0 Å². The monoisotopic (exact) mass is 460 g/mol. The number of rotatable bonds is 6. The number of anilines is 3. The molecule has 0 saturated carbocycles. The van der Waals surface area contributed by atoms with Gasteiger partial charge in [0.25, 0.3) is 5.91 Å². The topological polar surface area (TPSA) is 99.2 Å². The second-order valence-electron chi connectivity index (χ2n) is 8.11. The maximum atomic E-state index is 12.8. The number of fused-ring (bicyclic) bond motifs is 1. The normalized spacial score (nSPS) is 13.9. The van der Waals surface area contributed by atoms with Gasteiger partial charge in [-0.25, -0.2) is 9.97 Å². The summed E-state index contributed by atoms with van der Waals surface area (Å²) in [5.41, 5.74) is 1.37. The number of pyridine rings is 3. The molecular weight excluding hydrogens is 436 g/mol. The second kappa shape index (κ2) is 8.72. The molecule has 0 radical (unpaired) electrons. The largest absolute Gasteiger partial charge is 0.365 e. The summed E-state index contributed by atoms with van der Waals surface area (Å²) in [6, 6.07) is 7.76. The third kappa shape index (κ3) is 4.22. The summed E-state index contributed by atoms with van der Waals surface area (Å²) in [6.45, 7) is 1.75. The average molecular weight is 461 g/mol. The van der Waals surface area contributed by atoms with Gasteiger partial charge < -0.3 is 20.4 Å². The fraction of sp³-hybridized carbons (Fsp3) is 0.261. The maximum absolute atomic E-state index is 12.8. The summed E-state index contributed by atoms with van der Waals surface area (Å²) in [4.78, 5) is 36.0. The van der Waals surface area contributed by atoms with E-state index in [0.717, 1.165) is 45.4 Å². The number of carbonyl (C=O) groups is 1. The van der Waals surface area contributed by atoms with Crippen LogP contribution in [0.2, 0.25) is 0 Å². The summed E-state index contributed by atoms with van der Waals surface area (Å²) in [7, 11) is 6.02. The molecule has 1 fully saturated rings. The molecule has 1 aliphatic rings. The fourth-order valence-electron chi connectivity index (χ4n) is 3.73. The molecule has 33 heavy (non-hydrogen) atoms. The highest BCUT2D eigenvalue weighted by atomic mass is 32.1. The molecule has 0 atom stereocenters. The second-order valence-corrected chi connectivity index (χ2v) is 9.14. The Morgan fingerprint density at radius 3 is 2.64 bits per heavy atom. The van der Waals surface area contributed by atoms with Crippen LogP contribution in [0.1, 0.15) is 10.4 Å². The van der Waals surface area contributed by atoms with Crippen LogP contribution in [0.3, 0.4) is 0 Å². The predicted octanol–water partition coefficient (Wildman–Crippen LogP) is 3.19. The van der Waals surface area contributed by atoms with Crippen molar-refractivity contribution in [1.29, 1.82) is 0 Å². The number of nitrogens with one attached hydrogen (secondary N) is 2. The quantitative estimate of drug-likeness (QED) is 0.453. The standard InChI is InChI=1S/C23H24N8OS/c1-24-23-27-11-19(33-23)18-8-15-9-20(29-22(32)14-4-6-25-7-5-14)28-21(17(15)10-26-18)31-12-16(13-31)30(2)3/h4-11,16H,12-13H2,1-3H3,(H,24,27)(H,28,29,32). The summed E-state index contributed by atoms with van der Waals surface area (Å²) < 4.78 is 0. The molecular formula is C23H24N8OS. The number of likely N-dealkylation sites (N-methyl/N-ethyl adjacent to an activating group) is 1. The van der Waals surface area contributed by atoms with E-state index in [1.807, 2.05) is 31.6 Å². The van der Waals surface area contributed by atoms with Crippen LogP contribution in [-0.2, 0) is 0 Å². The highest BCUT2D eigenvalue weighted by Crippen LogP contribution is 2.34. The van der Waals surface area contributed by atoms with E-state index in [-0.39, 0.29) is 5.91 Å². The maximum Gasteiger partial charge on any atom is 0.256 e. The van der Waals surface area contributed by atoms with Crippen LogP contribution in [-0.4, -0.2) is 71.0 Å². The lowest BCUT2D eigenvalue weighted by atomic mass is 10.1. The molecule has 2 N–H and O–H groups in total. The third-order valence-corrected chi connectivity index (χ3v) is 6.78. The first-order chi connectivity index (χ1) is 16.0. The van der Waals surface area contributed by atoms with Crippen molar-refractivity contribution in [3.05, 3.63) is 54.6 Å². The molecule has 1 amide bonds. The highest BCUT2D eigenvalue weighted by molar-refractivity contribution is 7.18. The van der Waals surface area contributed by atoms with Gasteiger partial charge in [-0.05, 0) is 43.7 Å². The molecule has 1 aliphatic heterocycles. The van der Waals surface area contributed by atoms with Crippen molar-refractivity contribution in [2.24, 2.45) is 0 Å². The first kappa shape index (κ1) is 21.2. The molecule has 0 spiro atoms. The van der Waals surface area contributed by atoms with Crippen molar-refractivity contribution >= 4 is 44.8 Å². The molecule has 168 valence electrons. The Labute approximate surface area is 195 Å². The SMILES string of the molecule is CNc1ncc(-c2cc3cc(NC(=O)c4ccncc4)nc(N4CC(N(C)C)C4)c3cn2)s1. The van der Waals surface area contributed by atoms with Gasteiger partial charge in [0.05, 0.1) is 10.6 Å². The minimum atomic E-state index is -0.222. The van der Waals surface area contributed by atoms with Crippen molar-refractivity contribution in [1.82, 2.24) is 24.8 Å². The predicted molar refractivity (Wildman–Crippen MR) is 132 cm³/mol. The number of hydrogen-bond donors (Lipinski definition) is 2. The van der Waals surface area contributed by atoms with Gasteiger partial charge in [-0.2, -0.15) is 0 Å². The minimum Gasteiger partial charge on any atom is -0.365 e. The molecule has 9 nitrogen and oxygen atoms in total. The molecule has 10 heteroatoms. The number of thiazole rings is 1. The number of hydrogen-bond acceptors (Lipinski definition) is 9. The van der Waals surface area contributed by atoms with E-state index < -0.39 is 0 Å². The molecule has 0 bridgehead atoms. The Morgan fingerprint density at radius 2 is 1.94 bits per heavy atom. The van der Waals surface area contributed by atoms with E-state index in [4.69, 9.17) is 4.98 Å². The zero-order valence-electron chi connectivity index (χ0n) is 18.6.